The standard InChI is InChI=1S/C14H19NO4/c1-14(2,3)19-13(18)15-8-11(9-16)10-5-4-6-12(17)7-10/h4-7,9,11,17H,8H2,1-3H3,(H,15,18). The molecule has 1 atom stereocenters. The number of phenolic OH excluding ortho intramolecular Hbond substituents is 1. The Bertz CT molecular complexity index is 451. The summed E-state index contributed by atoms with van der Waals surface area (Å²) in [4.78, 5) is 22.5. The first-order valence-electron chi connectivity index (χ1n) is 6.03. The number of nitrogens with one attached hydrogen (secondary N) is 1. The first kappa shape index (κ1) is 15.0. The maximum absolute atomic E-state index is 11.5. The fourth-order valence-electron chi connectivity index (χ4n) is 1.51. The number of hydrogen-bond acceptors (Lipinski definition) is 4. The highest BCUT2D eigenvalue weighted by molar-refractivity contribution is 5.70. The lowest BCUT2D eigenvalue weighted by atomic mass is 10.0. The minimum Gasteiger partial charge on any atom is -0.508 e. The fourth-order valence-corrected chi connectivity index (χ4v) is 1.51. The zero-order valence-corrected chi connectivity index (χ0v) is 11.3. The molecule has 0 spiro atoms. The Morgan fingerprint density at radius 3 is 2.68 bits per heavy atom. The molecule has 1 unspecified atom stereocenters. The first-order chi connectivity index (χ1) is 8.81. The molecule has 0 heterocycles. The summed E-state index contributed by atoms with van der Waals surface area (Å²) < 4.78 is 5.08. The van der Waals surface area contributed by atoms with E-state index in [1.54, 1.807) is 32.9 Å². The lowest BCUT2D eigenvalue weighted by Gasteiger charge is -2.20. The van der Waals surface area contributed by atoms with E-state index in [0.29, 0.717) is 5.56 Å². The van der Waals surface area contributed by atoms with Crippen LogP contribution in [-0.2, 0) is 9.53 Å². The van der Waals surface area contributed by atoms with Crippen LogP contribution in [0.5, 0.6) is 5.75 Å². The van der Waals surface area contributed by atoms with Crippen LogP contribution in [0.2, 0.25) is 0 Å². The van der Waals surface area contributed by atoms with E-state index in [2.05, 4.69) is 5.32 Å². The number of aldehydes is 1. The molecule has 5 heteroatoms. The number of hydrogen-bond donors (Lipinski definition) is 2. The van der Waals surface area contributed by atoms with Gasteiger partial charge < -0.3 is 20.0 Å². The van der Waals surface area contributed by atoms with E-state index in [4.69, 9.17) is 4.74 Å². The molecule has 104 valence electrons. The van der Waals surface area contributed by atoms with E-state index < -0.39 is 17.6 Å². The average Bonchev–Trinajstić information content (AvgIpc) is 2.27. The molecule has 0 fully saturated rings. The molecule has 0 aromatic heterocycles. The number of carbonyl (C=O) groups is 2. The Kier molecular flexibility index (Phi) is 4.92. The minimum atomic E-state index is -0.578. The number of alkyl carbamates (subject to hydrolysis) is 1. The van der Waals surface area contributed by atoms with Crippen LogP contribution < -0.4 is 5.32 Å². The van der Waals surface area contributed by atoms with Gasteiger partial charge in [0, 0.05) is 6.54 Å². The molecule has 1 aromatic carbocycles. The van der Waals surface area contributed by atoms with Crippen LogP contribution in [-0.4, -0.2) is 29.6 Å². The Morgan fingerprint density at radius 2 is 2.16 bits per heavy atom. The first-order valence-corrected chi connectivity index (χ1v) is 6.03. The highest BCUT2D eigenvalue weighted by atomic mass is 16.6. The van der Waals surface area contributed by atoms with E-state index >= 15 is 0 Å². The van der Waals surface area contributed by atoms with Crippen LogP contribution in [0.4, 0.5) is 4.79 Å². The summed E-state index contributed by atoms with van der Waals surface area (Å²) >= 11 is 0. The number of rotatable bonds is 4. The molecule has 0 radical (unpaired) electrons. The number of ether oxygens (including phenoxy) is 1. The van der Waals surface area contributed by atoms with Crippen LogP contribution in [0.25, 0.3) is 0 Å². The van der Waals surface area contributed by atoms with Gasteiger partial charge >= 0.3 is 6.09 Å². The third-order valence-electron chi connectivity index (χ3n) is 2.33. The molecule has 0 saturated carbocycles. The molecule has 0 aliphatic heterocycles. The predicted molar refractivity (Wildman–Crippen MR) is 71.1 cm³/mol. The Morgan fingerprint density at radius 1 is 1.47 bits per heavy atom. The summed E-state index contributed by atoms with van der Waals surface area (Å²) in [6, 6.07) is 6.38. The predicted octanol–water partition coefficient (Wildman–Crippen LogP) is 2.20. The van der Waals surface area contributed by atoms with Gasteiger partial charge in [0.25, 0.3) is 0 Å². The maximum Gasteiger partial charge on any atom is 0.407 e. The summed E-state index contributed by atoms with van der Waals surface area (Å²) in [6.45, 7) is 5.42. The molecule has 1 rings (SSSR count). The second kappa shape index (κ2) is 6.22. The minimum absolute atomic E-state index is 0.0848. The molecule has 0 aliphatic carbocycles. The monoisotopic (exact) mass is 265 g/mol. The number of carbonyl (C=O) groups excluding carboxylic acids is 2. The van der Waals surface area contributed by atoms with E-state index in [0.717, 1.165) is 6.29 Å². The molecular formula is C14H19NO4. The van der Waals surface area contributed by atoms with Gasteiger partial charge in [-0.2, -0.15) is 0 Å². The molecule has 5 nitrogen and oxygen atoms in total. The molecular weight excluding hydrogens is 246 g/mol. The fraction of sp³-hybridized carbons (Fsp3) is 0.429. The van der Waals surface area contributed by atoms with E-state index in [-0.39, 0.29) is 12.3 Å². The van der Waals surface area contributed by atoms with Crippen molar-refractivity contribution in [3.63, 3.8) is 0 Å². The Hall–Kier alpha value is -2.04. The normalized spacial score (nSPS) is 12.6. The zero-order chi connectivity index (χ0) is 14.5. The number of benzene rings is 1. The number of phenols is 1. The van der Waals surface area contributed by atoms with Crippen LogP contribution in [0.3, 0.4) is 0 Å². The summed E-state index contributed by atoms with van der Waals surface area (Å²) in [5.74, 6) is -0.429. The van der Waals surface area contributed by atoms with E-state index in [1.165, 1.54) is 12.1 Å². The van der Waals surface area contributed by atoms with Gasteiger partial charge in [0.15, 0.2) is 0 Å². The maximum atomic E-state index is 11.5. The van der Waals surface area contributed by atoms with Crippen molar-refractivity contribution in [2.24, 2.45) is 0 Å². The zero-order valence-electron chi connectivity index (χ0n) is 11.3. The third-order valence-corrected chi connectivity index (χ3v) is 2.33. The van der Waals surface area contributed by atoms with Crippen molar-refractivity contribution in [1.82, 2.24) is 5.32 Å². The third kappa shape index (κ3) is 5.42. The topological polar surface area (TPSA) is 75.6 Å². The Balaban J connectivity index is 2.59. The van der Waals surface area contributed by atoms with Crippen molar-refractivity contribution in [2.75, 3.05) is 6.54 Å². The second-order valence-corrected chi connectivity index (χ2v) is 5.22. The summed E-state index contributed by atoms with van der Waals surface area (Å²) in [5, 5.41) is 11.9. The van der Waals surface area contributed by atoms with Gasteiger partial charge in [0.05, 0.1) is 5.92 Å². The van der Waals surface area contributed by atoms with Crippen LogP contribution in [0.1, 0.15) is 32.3 Å². The van der Waals surface area contributed by atoms with Crippen molar-refractivity contribution < 1.29 is 19.4 Å². The van der Waals surface area contributed by atoms with Crippen LogP contribution in [0, 0.1) is 0 Å². The van der Waals surface area contributed by atoms with Crippen LogP contribution in [0.15, 0.2) is 24.3 Å². The van der Waals surface area contributed by atoms with Crippen molar-refractivity contribution in [3.05, 3.63) is 29.8 Å². The smallest absolute Gasteiger partial charge is 0.407 e. The van der Waals surface area contributed by atoms with Crippen LogP contribution >= 0.6 is 0 Å². The highest BCUT2D eigenvalue weighted by Gasteiger charge is 2.18. The van der Waals surface area contributed by atoms with Gasteiger partial charge in [-0.15, -0.1) is 0 Å². The summed E-state index contributed by atoms with van der Waals surface area (Å²) in [6.07, 6.45) is 0.158. The van der Waals surface area contributed by atoms with Crippen molar-refractivity contribution in [2.45, 2.75) is 32.3 Å². The Labute approximate surface area is 112 Å². The summed E-state index contributed by atoms with van der Waals surface area (Å²) in [5.41, 5.74) is 0.0669. The second-order valence-electron chi connectivity index (χ2n) is 5.22. The van der Waals surface area contributed by atoms with Gasteiger partial charge in [-0.05, 0) is 38.5 Å². The van der Waals surface area contributed by atoms with E-state index in [9.17, 15) is 14.7 Å². The molecule has 1 amide bonds. The largest absolute Gasteiger partial charge is 0.508 e. The summed E-state index contributed by atoms with van der Waals surface area (Å²) in [7, 11) is 0. The van der Waals surface area contributed by atoms with E-state index in [1.807, 2.05) is 0 Å². The highest BCUT2D eigenvalue weighted by Crippen LogP contribution is 2.18. The van der Waals surface area contributed by atoms with Gasteiger partial charge in [0.2, 0.25) is 0 Å². The quantitative estimate of drug-likeness (QED) is 0.818. The molecule has 1 aromatic rings. The number of amides is 1. The molecule has 0 aliphatic rings. The molecule has 19 heavy (non-hydrogen) atoms. The van der Waals surface area contributed by atoms with Crippen molar-refractivity contribution >= 4 is 12.4 Å². The van der Waals surface area contributed by atoms with Gasteiger partial charge in [-0.3, -0.25) is 0 Å². The molecule has 2 N–H and O–H groups in total. The van der Waals surface area contributed by atoms with Gasteiger partial charge in [-0.25, -0.2) is 4.79 Å². The SMILES string of the molecule is CC(C)(C)OC(=O)NCC(C=O)c1cccc(O)c1. The molecule has 0 bridgehead atoms. The lowest BCUT2D eigenvalue weighted by Crippen LogP contribution is -2.35. The van der Waals surface area contributed by atoms with Crippen molar-refractivity contribution in [3.8, 4) is 5.75 Å². The van der Waals surface area contributed by atoms with Crippen molar-refractivity contribution in [1.29, 1.82) is 0 Å². The molecule has 0 saturated heterocycles. The number of aromatic hydroxyl groups is 1. The van der Waals surface area contributed by atoms with Gasteiger partial charge in [0.1, 0.15) is 17.6 Å². The average molecular weight is 265 g/mol. The van der Waals surface area contributed by atoms with Gasteiger partial charge in [-0.1, -0.05) is 12.1 Å². The lowest BCUT2D eigenvalue weighted by molar-refractivity contribution is -0.109.